The molecule has 1 aliphatic rings. The van der Waals surface area contributed by atoms with E-state index in [-0.39, 0.29) is 5.41 Å². The summed E-state index contributed by atoms with van der Waals surface area (Å²) in [6.07, 6.45) is 5.58. The zero-order valence-electron chi connectivity index (χ0n) is 15.6. The molecule has 2 aromatic rings. The Morgan fingerprint density at radius 3 is 2.73 bits per heavy atom. The van der Waals surface area contributed by atoms with Crippen molar-refractivity contribution in [1.29, 1.82) is 5.53 Å². The van der Waals surface area contributed by atoms with Crippen molar-refractivity contribution >= 4 is 11.4 Å². The molecular weight excluding hydrogens is 320 g/mol. The number of nitrogens with zero attached hydrogens (tertiary/aromatic N) is 1. The van der Waals surface area contributed by atoms with E-state index < -0.39 is 0 Å². The minimum absolute atomic E-state index is 0.169. The normalized spacial score (nSPS) is 24.4. The molecule has 1 fully saturated rings. The van der Waals surface area contributed by atoms with Crippen LogP contribution in [-0.4, -0.2) is 0 Å². The Hall–Kier alpha value is -2.62. The van der Waals surface area contributed by atoms with E-state index >= 15 is 0 Å². The minimum Gasteiger partial charge on any atom is -0.397 e. The molecule has 0 spiro atoms. The van der Waals surface area contributed by atoms with Crippen LogP contribution in [0.15, 0.2) is 65.4 Å². The molecular formula is C22H28N4. The van der Waals surface area contributed by atoms with Crippen molar-refractivity contribution in [2.75, 3.05) is 5.73 Å². The van der Waals surface area contributed by atoms with Crippen LogP contribution in [0.25, 0.3) is 0 Å². The summed E-state index contributed by atoms with van der Waals surface area (Å²) in [5, 5.41) is 7.26. The number of hydrogen-bond donors (Lipinski definition) is 3. The Morgan fingerprint density at radius 2 is 2.00 bits per heavy atom. The maximum Gasteiger partial charge on any atom is 0.112 e. The van der Waals surface area contributed by atoms with E-state index in [0.29, 0.717) is 17.3 Å². The molecule has 4 heteroatoms. The van der Waals surface area contributed by atoms with Gasteiger partial charge < -0.3 is 11.1 Å². The van der Waals surface area contributed by atoms with Gasteiger partial charge in [0.15, 0.2) is 0 Å². The third kappa shape index (κ3) is 3.36. The summed E-state index contributed by atoms with van der Waals surface area (Å²) in [6, 6.07) is 16.3. The van der Waals surface area contributed by atoms with Crippen LogP contribution in [0.4, 0.5) is 11.4 Å². The molecule has 2 unspecified atom stereocenters. The van der Waals surface area contributed by atoms with E-state index in [0.717, 1.165) is 18.5 Å². The number of allylic oxidation sites excluding steroid dienone is 1. The molecule has 0 aliphatic heterocycles. The highest BCUT2D eigenvalue weighted by molar-refractivity contribution is 5.69. The monoisotopic (exact) mass is 348 g/mol. The fraction of sp³-hybridized carbons (Fsp3) is 0.364. The summed E-state index contributed by atoms with van der Waals surface area (Å²) in [5.74, 6) is 0.461. The third-order valence-electron chi connectivity index (χ3n) is 5.90. The summed E-state index contributed by atoms with van der Waals surface area (Å²) in [7, 11) is 0. The Kier molecular flexibility index (Phi) is 5.40. The van der Waals surface area contributed by atoms with Gasteiger partial charge in [0.25, 0.3) is 0 Å². The number of rotatable bonds is 5. The average molecular weight is 348 g/mol. The maximum absolute atomic E-state index is 7.62. The molecule has 1 aliphatic carbocycles. The van der Waals surface area contributed by atoms with E-state index in [1.54, 1.807) is 0 Å². The van der Waals surface area contributed by atoms with E-state index in [1.165, 1.54) is 24.0 Å². The predicted octanol–water partition coefficient (Wildman–Crippen LogP) is 5.68. The predicted molar refractivity (Wildman–Crippen MR) is 107 cm³/mol. The van der Waals surface area contributed by atoms with Crippen LogP contribution in [-0.2, 0) is 12.0 Å². The molecule has 4 N–H and O–H groups in total. The second-order valence-corrected chi connectivity index (χ2v) is 7.39. The van der Waals surface area contributed by atoms with Gasteiger partial charge in [-0.3, -0.25) is 0 Å². The molecule has 2 aromatic carbocycles. The van der Waals surface area contributed by atoms with Crippen LogP contribution >= 0.6 is 0 Å². The Morgan fingerprint density at radius 1 is 1.23 bits per heavy atom. The Labute approximate surface area is 156 Å². The van der Waals surface area contributed by atoms with Gasteiger partial charge >= 0.3 is 0 Å². The second-order valence-electron chi connectivity index (χ2n) is 7.39. The fourth-order valence-electron chi connectivity index (χ4n) is 4.12. The molecule has 0 radical (unpaired) electrons. The van der Waals surface area contributed by atoms with E-state index in [4.69, 9.17) is 11.3 Å². The van der Waals surface area contributed by atoms with Crippen LogP contribution < -0.4 is 11.1 Å². The van der Waals surface area contributed by atoms with Gasteiger partial charge in [-0.15, -0.1) is 0 Å². The van der Waals surface area contributed by atoms with Gasteiger partial charge in [0, 0.05) is 12.0 Å². The lowest BCUT2D eigenvalue weighted by atomic mass is 9.61. The van der Waals surface area contributed by atoms with Crippen LogP contribution in [0.3, 0.4) is 0 Å². The van der Waals surface area contributed by atoms with Crippen molar-refractivity contribution in [2.45, 2.75) is 45.1 Å². The van der Waals surface area contributed by atoms with Crippen LogP contribution in [0.1, 0.15) is 44.2 Å². The Bertz CT molecular complexity index is 797. The van der Waals surface area contributed by atoms with Gasteiger partial charge in [0.2, 0.25) is 0 Å². The molecule has 0 saturated heterocycles. The first-order valence-corrected chi connectivity index (χ1v) is 9.30. The maximum atomic E-state index is 7.62. The van der Waals surface area contributed by atoms with Gasteiger partial charge in [0.1, 0.15) is 5.69 Å². The highest BCUT2D eigenvalue weighted by atomic mass is 15.0. The SMILES string of the molecule is CC1CCC/C(=C\NCc2ccccc2)C1(C)c1cccc(N)c1N=N. The highest BCUT2D eigenvalue weighted by Gasteiger charge is 2.41. The van der Waals surface area contributed by atoms with Crippen molar-refractivity contribution in [3.8, 4) is 0 Å². The molecule has 26 heavy (non-hydrogen) atoms. The van der Waals surface area contributed by atoms with Crippen LogP contribution in [0.5, 0.6) is 0 Å². The zero-order valence-corrected chi connectivity index (χ0v) is 15.6. The standard InChI is InChI=1S/C22H28N4/c1-16-8-6-11-18(15-25-14-17-9-4-3-5-10-17)22(16,2)19-12-7-13-20(23)21(19)26-24/h3-5,7,9-10,12-13,15-16,24-25H,6,8,11,14,23H2,1-2H3/b18-15+,26-24?. The van der Waals surface area contributed by atoms with E-state index in [2.05, 4.69) is 60.8 Å². The van der Waals surface area contributed by atoms with Crippen LogP contribution in [0.2, 0.25) is 0 Å². The summed E-state index contributed by atoms with van der Waals surface area (Å²) in [5.41, 5.74) is 18.4. The number of anilines is 1. The third-order valence-corrected chi connectivity index (χ3v) is 5.90. The van der Waals surface area contributed by atoms with Crippen molar-refractivity contribution in [3.63, 3.8) is 0 Å². The summed E-state index contributed by atoms with van der Waals surface area (Å²) >= 11 is 0. The van der Waals surface area contributed by atoms with Crippen molar-refractivity contribution in [1.82, 2.24) is 5.32 Å². The zero-order chi connectivity index (χ0) is 18.6. The number of para-hydroxylation sites is 1. The number of nitrogens with one attached hydrogen (secondary N) is 2. The number of nitrogens with two attached hydrogens (primary N) is 1. The Balaban J connectivity index is 1.94. The summed E-state index contributed by atoms with van der Waals surface area (Å²) in [6.45, 7) is 5.37. The highest BCUT2D eigenvalue weighted by Crippen LogP contribution is 2.50. The van der Waals surface area contributed by atoms with E-state index in [9.17, 15) is 0 Å². The summed E-state index contributed by atoms with van der Waals surface area (Å²) in [4.78, 5) is 0. The smallest absolute Gasteiger partial charge is 0.112 e. The molecule has 1 saturated carbocycles. The van der Waals surface area contributed by atoms with E-state index in [1.807, 2.05) is 18.2 Å². The lowest BCUT2D eigenvalue weighted by molar-refractivity contribution is 0.292. The van der Waals surface area contributed by atoms with Gasteiger partial charge in [-0.1, -0.05) is 56.3 Å². The van der Waals surface area contributed by atoms with Crippen molar-refractivity contribution in [3.05, 3.63) is 71.4 Å². The quantitative estimate of drug-likeness (QED) is 0.480. The molecule has 0 bridgehead atoms. The van der Waals surface area contributed by atoms with Gasteiger partial charge in [-0.05, 0) is 54.1 Å². The fourth-order valence-corrected chi connectivity index (χ4v) is 4.12. The van der Waals surface area contributed by atoms with Crippen molar-refractivity contribution < 1.29 is 0 Å². The minimum atomic E-state index is -0.169. The van der Waals surface area contributed by atoms with Gasteiger partial charge in [-0.25, -0.2) is 5.53 Å². The van der Waals surface area contributed by atoms with Gasteiger partial charge in [-0.2, -0.15) is 5.11 Å². The average Bonchev–Trinajstić information content (AvgIpc) is 2.66. The van der Waals surface area contributed by atoms with Crippen molar-refractivity contribution in [2.24, 2.45) is 11.0 Å². The second kappa shape index (κ2) is 7.73. The molecule has 0 aromatic heterocycles. The molecule has 4 nitrogen and oxygen atoms in total. The lowest BCUT2D eigenvalue weighted by Gasteiger charge is -2.43. The number of benzene rings is 2. The largest absolute Gasteiger partial charge is 0.397 e. The van der Waals surface area contributed by atoms with Crippen LogP contribution in [0, 0.1) is 11.4 Å². The first-order chi connectivity index (χ1) is 12.6. The molecule has 0 amide bonds. The lowest BCUT2D eigenvalue weighted by Crippen LogP contribution is -2.37. The number of hydrogen-bond acceptors (Lipinski definition) is 4. The molecule has 0 heterocycles. The molecule has 136 valence electrons. The van der Waals surface area contributed by atoms with Gasteiger partial charge in [0.05, 0.1) is 5.69 Å². The molecule has 3 rings (SSSR count). The first kappa shape index (κ1) is 18.2. The number of nitrogen functional groups attached to an aromatic ring is 1. The molecule has 2 atom stereocenters. The summed E-state index contributed by atoms with van der Waals surface area (Å²) < 4.78 is 0. The first-order valence-electron chi connectivity index (χ1n) is 9.30. The topological polar surface area (TPSA) is 74.3 Å².